The molecule has 0 saturated carbocycles. The number of carbonyl (C=O) groups is 1. The van der Waals surface area contributed by atoms with E-state index in [2.05, 4.69) is 37.6 Å². The lowest BCUT2D eigenvalue weighted by atomic mass is 9.98. The summed E-state index contributed by atoms with van der Waals surface area (Å²) >= 11 is 1.79. The van der Waals surface area contributed by atoms with Crippen molar-refractivity contribution in [2.45, 2.75) is 45.2 Å². The number of hydrogen-bond acceptors (Lipinski definition) is 6. The number of hydrogen-bond donors (Lipinski definition) is 1. The van der Waals surface area contributed by atoms with Gasteiger partial charge in [0.25, 0.3) is 5.91 Å². The minimum absolute atomic E-state index is 0.102. The van der Waals surface area contributed by atoms with E-state index < -0.39 is 0 Å². The van der Waals surface area contributed by atoms with Gasteiger partial charge in [0.15, 0.2) is 5.82 Å². The molecule has 0 bridgehead atoms. The van der Waals surface area contributed by atoms with E-state index in [0.29, 0.717) is 19.0 Å². The van der Waals surface area contributed by atoms with Crippen LogP contribution in [0.4, 0.5) is 5.69 Å². The van der Waals surface area contributed by atoms with E-state index in [1.807, 2.05) is 17.9 Å². The zero-order valence-electron chi connectivity index (χ0n) is 17.6. The summed E-state index contributed by atoms with van der Waals surface area (Å²) in [4.78, 5) is 16.9. The van der Waals surface area contributed by atoms with Crippen molar-refractivity contribution in [2.24, 2.45) is 0 Å². The fourth-order valence-electron chi connectivity index (χ4n) is 4.95. The molecule has 5 heterocycles. The maximum absolute atomic E-state index is 13.5. The van der Waals surface area contributed by atoms with Crippen molar-refractivity contribution in [2.75, 3.05) is 25.1 Å². The number of nitrogens with one attached hydrogen (secondary N) is 1. The van der Waals surface area contributed by atoms with Crippen LogP contribution in [0.25, 0.3) is 5.69 Å². The lowest BCUT2D eigenvalue weighted by molar-refractivity contribution is 0.0735. The van der Waals surface area contributed by atoms with Crippen LogP contribution in [0.3, 0.4) is 0 Å². The Hall–Kier alpha value is -2.71. The molecular formula is C23H25N5O2S. The molecule has 1 fully saturated rings. The van der Waals surface area contributed by atoms with E-state index in [1.54, 1.807) is 11.3 Å². The summed E-state index contributed by atoms with van der Waals surface area (Å²) in [6, 6.07) is 6.28. The minimum atomic E-state index is 0.102. The van der Waals surface area contributed by atoms with E-state index in [0.717, 1.165) is 73.2 Å². The minimum Gasteiger partial charge on any atom is -0.381 e. The molecule has 0 aliphatic carbocycles. The van der Waals surface area contributed by atoms with E-state index in [4.69, 9.17) is 4.74 Å². The molecule has 1 amide bonds. The van der Waals surface area contributed by atoms with Gasteiger partial charge >= 0.3 is 0 Å². The van der Waals surface area contributed by atoms with E-state index >= 15 is 0 Å². The quantitative estimate of drug-likeness (QED) is 0.665. The highest BCUT2D eigenvalue weighted by Crippen LogP contribution is 2.36. The topological polar surface area (TPSA) is 72.3 Å². The van der Waals surface area contributed by atoms with Crippen LogP contribution in [0.2, 0.25) is 0 Å². The monoisotopic (exact) mass is 435 g/mol. The van der Waals surface area contributed by atoms with Gasteiger partial charge in [-0.1, -0.05) is 0 Å². The van der Waals surface area contributed by atoms with Crippen LogP contribution >= 0.6 is 11.3 Å². The lowest BCUT2D eigenvalue weighted by Gasteiger charge is -2.29. The van der Waals surface area contributed by atoms with Crippen molar-refractivity contribution < 1.29 is 9.53 Å². The molecule has 1 aromatic carbocycles. The Morgan fingerprint density at radius 2 is 2.13 bits per heavy atom. The summed E-state index contributed by atoms with van der Waals surface area (Å²) in [5.74, 6) is 2.33. The number of anilines is 1. The number of amides is 1. The maximum Gasteiger partial charge on any atom is 0.254 e. The second-order valence-electron chi connectivity index (χ2n) is 8.58. The Kier molecular flexibility index (Phi) is 4.57. The van der Waals surface area contributed by atoms with Crippen LogP contribution < -0.4 is 5.32 Å². The molecule has 3 aliphatic heterocycles. The molecule has 160 valence electrons. The Balaban J connectivity index is 1.38. The summed E-state index contributed by atoms with van der Waals surface area (Å²) in [5, 5.41) is 14.6. The van der Waals surface area contributed by atoms with E-state index in [1.165, 1.54) is 10.4 Å². The molecule has 0 radical (unpaired) electrons. The normalized spacial score (nSPS) is 18.2. The molecule has 8 heteroatoms. The first kappa shape index (κ1) is 19.0. The number of thiophene rings is 1. The molecule has 31 heavy (non-hydrogen) atoms. The second kappa shape index (κ2) is 7.46. The third-order valence-electron chi connectivity index (χ3n) is 6.69. The maximum atomic E-state index is 13.5. The van der Waals surface area contributed by atoms with Crippen LogP contribution in [0.15, 0.2) is 23.6 Å². The number of nitrogens with zero attached hydrogens (tertiary/aromatic N) is 4. The van der Waals surface area contributed by atoms with E-state index in [9.17, 15) is 4.79 Å². The Labute approximate surface area is 185 Å². The van der Waals surface area contributed by atoms with Gasteiger partial charge in [-0.05, 0) is 60.9 Å². The predicted molar refractivity (Wildman–Crippen MR) is 119 cm³/mol. The molecule has 0 unspecified atom stereocenters. The van der Waals surface area contributed by atoms with Gasteiger partial charge in [0, 0.05) is 42.7 Å². The summed E-state index contributed by atoms with van der Waals surface area (Å²) in [6.45, 7) is 5.65. The number of rotatable bonds is 2. The Morgan fingerprint density at radius 3 is 3.00 bits per heavy atom. The molecule has 1 N–H and O–H groups in total. The largest absolute Gasteiger partial charge is 0.381 e. The zero-order chi connectivity index (χ0) is 20.9. The van der Waals surface area contributed by atoms with Crippen LogP contribution in [0.5, 0.6) is 0 Å². The van der Waals surface area contributed by atoms with Crippen molar-refractivity contribution in [3.63, 3.8) is 0 Å². The standard InChI is InChI=1S/C23H25N5O2S/c1-14-10-18-19(11-17(14)23(29)27-6-2-20-16(13-27)5-9-31-20)28-21(12-24-18)25-26-22(28)15-3-7-30-8-4-15/h5,9-11,15,24H,2-4,6-8,12-13H2,1H3. The number of benzene rings is 1. The molecule has 1 saturated heterocycles. The molecule has 3 aromatic rings. The summed E-state index contributed by atoms with van der Waals surface area (Å²) in [7, 11) is 0. The lowest BCUT2D eigenvalue weighted by Crippen LogP contribution is -2.36. The van der Waals surface area contributed by atoms with Gasteiger partial charge in [0.1, 0.15) is 5.82 Å². The molecule has 0 spiro atoms. The van der Waals surface area contributed by atoms with Crippen molar-refractivity contribution in [1.82, 2.24) is 19.7 Å². The summed E-state index contributed by atoms with van der Waals surface area (Å²) in [5.41, 5.74) is 5.06. The van der Waals surface area contributed by atoms with Gasteiger partial charge < -0.3 is 15.0 Å². The van der Waals surface area contributed by atoms with Crippen molar-refractivity contribution >= 4 is 22.9 Å². The fraction of sp³-hybridized carbons (Fsp3) is 0.435. The smallest absolute Gasteiger partial charge is 0.254 e. The first-order chi connectivity index (χ1) is 15.2. The summed E-state index contributed by atoms with van der Waals surface area (Å²) < 4.78 is 7.72. The number of carbonyl (C=O) groups excluding carboxylic acids is 1. The van der Waals surface area contributed by atoms with Gasteiger partial charge in [0.05, 0.1) is 17.9 Å². The van der Waals surface area contributed by atoms with Crippen LogP contribution in [0.1, 0.15) is 56.8 Å². The SMILES string of the molecule is Cc1cc2c(cc1C(=O)N1CCc3sccc3C1)-n1c(nnc1C1CCOCC1)CN2. The average Bonchev–Trinajstić information content (AvgIpc) is 3.45. The van der Waals surface area contributed by atoms with Crippen molar-refractivity contribution in [1.29, 1.82) is 0 Å². The van der Waals surface area contributed by atoms with Gasteiger partial charge in [-0.3, -0.25) is 9.36 Å². The number of ether oxygens (including phenoxy) is 1. The third kappa shape index (κ3) is 3.16. The van der Waals surface area contributed by atoms with Gasteiger partial charge in [0.2, 0.25) is 0 Å². The highest BCUT2D eigenvalue weighted by Gasteiger charge is 2.30. The van der Waals surface area contributed by atoms with Gasteiger partial charge in [-0.15, -0.1) is 21.5 Å². The molecule has 3 aliphatic rings. The number of aromatic nitrogens is 3. The van der Waals surface area contributed by atoms with Gasteiger partial charge in [-0.25, -0.2) is 0 Å². The van der Waals surface area contributed by atoms with Gasteiger partial charge in [-0.2, -0.15) is 0 Å². The molecule has 2 aromatic heterocycles. The predicted octanol–water partition coefficient (Wildman–Crippen LogP) is 3.66. The van der Waals surface area contributed by atoms with Crippen molar-refractivity contribution in [3.05, 3.63) is 56.8 Å². The molecular weight excluding hydrogens is 410 g/mol. The molecule has 7 nitrogen and oxygen atoms in total. The first-order valence-electron chi connectivity index (χ1n) is 10.9. The van der Waals surface area contributed by atoms with Crippen LogP contribution in [-0.4, -0.2) is 45.3 Å². The number of fused-ring (bicyclic) bond motifs is 4. The highest BCUT2D eigenvalue weighted by molar-refractivity contribution is 7.10. The molecule has 0 atom stereocenters. The van der Waals surface area contributed by atoms with Crippen LogP contribution in [0, 0.1) is 6.92 Å². The van der Waals surface area contributed by atoms with Crippen LogP contribution in [-0.2, 0) is 24.2 Å². The zero-order valence-corrected chi connectivity index (χ0v) is 18.4. The highest BCUT2D eigenvalue weighted by atomic mass is 32.1. The van der Waals surface area contributed by atoms with Crippen molar-refractivity contribution in [3.8, 4) is 5.69 Å². The fourth-order valence-corrected chi connectivity index (χ4v) is 5.84. The third-order valence-corrected chi connectivity index (χ3v) is 7.71. The summed E-state index contributed by atoms with van der Waals surface area (Å²) in [6.07, 6.45) is 2.85. The van der Waals surface area contributed by atoms with E-state index in [-0.39, 0.29) is 5.91 Å². The Morgan fingerprint density at radius 1 is 1.26 bits per heavy atom. The first-order valence-corrected chi connectivity index (χ1v) is 11.8. The second-order valence-corrected chi connectivity index (χ2v) is 9.58. The average molecular weight is 436 g/mol. The number of aryl methyl sites for hydroxylation is 1. The Bertz CT molecular complexity index is 1160. The molecule has 6 rings (SSSR count).